The van der Waals surface area contributed by atoms with E-state index in [0.29, 0.717) is 31.5 Å². The standard InChI is InChI=1S/C32H34N2O6/c1-2-31-16-9-10-19-39-30(38)26(31)25-28(36)34(24(21-35)23-14-7-4-8-15-23)27-29(37)33(18-11-17-32(25,27)40-31)20-22-12-5-3-6-13-22/h3-9,11-17,24-27,35H,2,10,18-21H2,1H3/t24-,25+,26+,27?,31-,32+/m1/s1. The molecule has 1 unspecified atom stereocenters. The second-order valence-corrected chi connectivity index (χ2v) is 10.9. The van der Waals surface area contributed by atoms with Gasteiger partial charge < -0.3 is 24.4 Å². The Hall–Kier alpha value is -3.75. The molecular weight excluding hydrogens is 508 g/mol. The minimum atomic E-state index is -1.41. The van der Waals surface area contributed by atoms with Crippen LogP contribution in [0.15, 0.2) is 85.0 Å². The number of carbonyl (C=O) groups excluding carboxylic acids is 3. The van der Waals surface area contributed by atoms with Gasteiger partial charge in [-0.2, -0.15) is 0 Å². The maximum Gasteiger partial charge on any atom is 0.313 e. The SMILES string of the molecule is CC[C@@]12C=CCCOC(=O)[C@@H]1[C@H]1C(=O)N([C@H](CO)c3ccccc3)C3C(=O)N(Cc4ccccc4)CC=C[C@@]31O2. The zero-order valence-electron chi connectivity index (χ0n) is 22.5. The Balaban J connectivity index is 1.51. The van der Waals surface area contributed by atoms with Gasteiger partial charge in [0.2, 0.25) is 11.8 Å². The average Bonchev–Trinajstić information content (AvgIpc) is 3.32. The van der Waals surface area contributed by atoms with Crippen LogP contribution in [0.1, 0.15) is 36.9 Å². The fourth-order valence-corrected chi connectivity index (χ4v) is 7.03. The quantitative estimate of drug-likeness (QED) is 0.445. The number of likely N-dealkylation sites (tertiary alicyclic amines) is 1. The number of hydrogen-bond acceptors (Lipinski definition) is 6. The van der Waals surface area contributed by atoms with Crippen molar-refractivity contribution < 1.29 is 29.0 Å². The number of hydrogen-bond donors (Lipinski definition) is 1. The molecule has 0 aliphatic carbocycles. The molecule has 208 valence electrons. The fourth-order valence-electron chi connectivity index (χ4n) is 7.03. The molecule has 4 aliphatic heterocycles. The van der Waals surface area contributed by atoms with E-state index in [1.807, 2.05) is 91.9 Å². The number of carbonyl (C=O) groups is 3. The average molecular weight is 543 g/mol. The summed E-state index contributed by atoms with van der Waals surface area (Å²) in [5.74, 6) is -3.08. The first kappa shape index (κ1) is 26.5. The van der Waals surface area contributed by atoms with Gasteiger partial charge in [0.05, 0.1) is 25.2 Å². The predicted octanol–water partition coefficient (Wildman–Crippen LogP) is 3.18. The fraction of sp³-hybridized carbons (Fsp3) is 0.406. The minimum absolute atomic E-state index is 0.218. The van der Waals surface area contributed by atoms with E-state index >= 15 is 0 Å². The summed E-state index contributed by atoms with van der Waals surface area (Å²) in [6, 6.07) is 17.0. The molecule has 8 nitrogen and oxygen atoms in total. The number of fused-ring (bicyclic) bond motifs is 2. The first-order valence-corrected chi connectivity index (χ1v) is 14.0. The number of amides is 2. The van der Waals surface area contributed by atoms with E-state index in [1.165, 1.54) is 4.90 Å². The summed E-state index contributed by atoms with van der Waals surface area (Å²) < 4.78 is 12.5. The van der Waals surface area contributed by atoms with Crippen molar-refractivity contribution in [3.8, 4) is 0 Å². The van der Waals surface area contributed by atoms with Gasteiger partial charge in [0.25, 0.3) is 0 Å². The van der Waals surface area contributed by atoms with Crippen LogP contribution in [0.3, 0.4) is 0 Å². The molecule has 2 aromatic rings. The molecule has 2 aromatic carbocycles. The Morgan fingerprint density at radius 3 is 2.38 bits per heavy atom. The largest absolute Gasteiger partial charge is 0.465 e. The van der Waals surface area contributed by atoms with Crippen molar-refractivity contribution in [3.63, 3.8) is 0 Å². The topological polar surface area (TPSA) is 96.4 Å². The summed E-state index contributed by atoms with van der Waals surface area (Å²) >= 11 is 0. The number of esters is 1. The normalized spacial score (nSPS) is 32.0. The molecule has 4 aliphatic rings. The third-order valence-corrected chi connectivity index (χ3v) is 8.83. The highest BCUT2D eigenvalue weighted by molar-refractivity contribution is 5.99. The van der Waals surface area contributed by atoms with Crippen molar-refractivity contribution in [2.24, 2.45) is 11.8 Å². The summed E-state index contributed by atoms with van der Waals surface area (Å²) in [4.78, 5) is 46.0. The maximum atomic E-state index is 14.6. The van der Waals surface area contributed by atoms with Crippen LogP contribution >= 0.6 is 0 Å². The second-order valence-electron chi connectivity index (χ2n) is 10.9. The Labute approximate surface area is 233 Å². The molecule has 2 amide bonds. The molecule has 2 fully saturated rings. The molecule has 4 heterocycles. The van der Waals surface area contributed by atoms with Crippen LogP contribution < -0.4 is 0 Å². The number of ether oxygens (including phenoxy) is 2. The van der Waals surface area contributed by atoms with Crippen LogP contribution in [-0.2, 0) is 30.4 Å². The van der Waals surface area contributed by atoms with Gasteiger partial charge >= 0.3 is 5.97 Å². The van der Waals surface area contributed by atoms with Gasteiger partial charge in [-0.05, 0) is 24.0 Å². The van der Waals surface area contributed by atoms with Crippen molar-refractivity contribution in [1.29, 1.82) is 0 Å². The van der Waals surface area contributed by atoms with Gasteiger partial charge in [0, 0.05) is 13.1 Å². The minimum Gasteiger partial charge on any atom is -0.465 e. The number of cyclic esters (lactones) is 1. The Morgan fingerprint density at radius 1 is 0.950 bits per heavy atom. The van der Waals surface area contributed by atoms with Gasteiger partial charge in [-0.1, -0.05) is 91.9 Å². The predicted molar refractivity (Wildman–Crippen MR) is 146 cm³/mol. The number of aliphatic hydroxyl groups excluding tert-OH is 1. The summed E-state index contributed by atoms with van der Waals surface area (Å²) in [5, 5.41) is 10.6. The van der Waals surface area contributed by atoms with Gasteiger partial charge in [0.1, 0.15) is 23.2 Å². The van der Waals surface area contributed by atoms with E-state index in [1.54, 1.807) is 4.90 Å². The highest BCUT2D eigenvalue weighted by atomic mass is 16.6. The number of nitrogens with zero attached hydrogens (tertiary/aromatic N) is 2. The van der Waals surface area contributed by atoms with Gasteiger partial charge in [-0.15, -0.1) is 0 Å². The Kier molecular flexibility index (Phi) is 6.84. The Bertz CT molecular complexity index is 1340. The molecule has 0 bridgehead atoms. The smallest absolute Gasteiger partial charge is 0.313 e. The van der Waals surface area contributed by atoms with Crippen LogP contribution in [0.25, 0.3) is 0 Å². The monoisotopic (exact) mass is 542 g/mol. The number of rotatable bonds is 6. The van der Waals surface area contributed by atoms with E-state index in [2.05, 4.69) is 0 Å². The Morgan fingerprint density at radius 2 is 1.68 bits per heavy atom. The third-order valence-electron chi connectivity index (χ3n) is 8.83. The van der Waals surface area contributed by atoms with Crippen molar-refractivity contribution in [2.75, 3.05) is 19.8 Å². The lowest BCUT2D eigenvalue weighted by molar-refractivity contribution is -0.163. The van der Waals surface area contributed by atoms with Crippen LogP contribution in [0.2, 0.25) is 0 Å². The lowest BCUT2D eigenvalue weighted by Crippen LogP contribution is -2.57. The third kappa shape index (κ3) is 4.00. The van der Waals surface area contributed by atoms with E-state index in [9.17, 15) is 19.5 Å². The zero-order chi connectivity index (χ0) is 27.9. The molecule has 0 aromatic heterocycles. The van der Waals surface area contributed by atoms with Crippen molar-refractivity contribution in [1.82, 2.24) is 9.80 Å². The van der Waals surface area contributed by atoms with Crippen LogP contribution in [0.4, 0.5) is 0 Å². The molecular formula is C32H34N2O6. The highest BCUT2D eigenvalue weighted by Crippen LogP contribution is 2.59. The van der Waals surface area contributed by atoms with E-state index in [4.69, 9.17) is 9.47 Å². The van der Waals surface area contributed by atoms with Gasteiger partial charge in [-0.25, -0.2) is 0 Å². The van der Waals surface area contributed by atoms with Gasteiger partial charge in [0.15, 0.2) is 0 Å². The van der Waals surface area contributed by atoms with Crippen LogP contribution in [0.5, 0.6) is 0 Å². The molecule has 6 rings (SSSR count). The maximum absolute atomic E-state index is 14.6. The van der Waals surface area contributed by atoms with Crippen molar-refractivity contribution in [2.45, 2.75) is 49.6 Å². The lowest BCUT2D eigenvalue weighted by Gasteiger charge is -2.41. The summed E-state index contributed by atoms with van der Waals surface area (Å²) in [7, 11) is 0. The zero-order valence-corrected chi connectivity index (χ0v) is 22.5. The lowest BCUT2D eigenvalue weighted by atomic mass is 9.73. The number of benzene rings is 2. The second kappa shape index (κ2) is 10.3. The van der Waals surface area contributed by atoms with E-state index in [-0.39, 0.29) is 12.5 Å². The molecule has 0 radical (unpaired) electrons. The summed E-state index contributed by atoms with van der Waals surface area (Å²) in [5.41, 5.74) is -0.843. The van der Waals surface area contributed by atoms with E-state index in [0.717, 1.165) is 5.56 Å². The molecule has 0 saturated carbocycles. The first-order valence-electron chi connectivity index (χ1n) is 14.0. The molecule has 8 heteroatoms. The van der Waals surface area contributed by atoms with E-state index < -0.39 is 53.6 Å². The molecule has 2 saturated heterocycles. The first-order chi connectivity index (χ1) is 19.5. The molecule has 40 heavy (non-hydrogen) atoms. The molecule has 1 N–H and O–H groups in total. The van der Waals surface area contributed by atoms with Gasteiger partial charge in [-0.3, -0.25) is 14.4 Å². The molecule has 6 atom stereocenters. The van der Waals surface area contributed by atoms with Crippen molar-refractivity contribution >= 4 is 17.8 Å². The van der Waals surface area contributed by atoms with Crippen LogP contribution in [0, 0.1) is 11.8 Å². The van der Waals surface area contributed by atoms with Crippen LogP contribution in [-0.4, -0.2) is 69.7 Å². The number of aliphatic hydroxyl groups is 1. The highest BCUT2D eigenvalue weighted by Gasteiger charge is 2.76. The summed E-state index contributed by atoms with van der Waals surface area (Å²) in [6.07, 6.45) is 8.50. The molecule has 1 spiro atoms. The summed E-state index contributed by atoms with van der Waals surface area (Å²) in [6.45, 7) is 2.42. The van der Waals surface area contributed by atoms with Crippen molar-refractivity contribution in [3.05, 3.63) is 96.1 Å².